The number of para-hydroxylation sites is 1. The van der Waals surface area contributed by atoms with Gasteiger partial charge in [-0.15, -0.1) is 23.1 Å². The highest BCUT2D eigenvalue weighted by atomic mass is 32.2. The van der Waals surface area contributed by atoms with Crippen molar-refractivity contribution >= 4 is 39.2 Å². The lowest BCUT2D eigenvalue weighted by atomic mass is 10.1. The summed E-state index contributed by atoms with van der Waals surface area (Å²) in [6, 6.07) is 16.4. The van der Waals surface area contributed by atoms with Crippen LogP contribution >= 0.6 is 23.1 Å². The van der Waals surface area contributed by atoms with Gasteiger partial charge in [-0.3, -0.25) is 4.79 Å². The molecule has 4 rings (SSSR count). The third-order valence-corrected chi connectivity index (χ3v) is 7.17. The molecule has 1 aliphatic heterocycles. The number of nitrogens with two attached hydrogens (primary N) is 1. The maximum absolute atomic E-state index is 11.2. The molecule has 0 aliphatic carbocycles. The fourth-order valence-corrected chi connectivity index (χ4v) is 5.25. The summed E-state index contributed by atoms with van der Waals surface area (Å²) >= 11 is 3.14. The number of likely N-dealkylation sites (tertiary alicyclic amines) is 1. The summed E-state index contributed by atoms with van der Waals surface area (Å²) in [5.41, 5.74) is 7.38. The molecule has 2 aromatic carbocycles. The van der Waals surface area contributed by atoms with Crippen molar-refractivity contribution < 1.29 is 9.53 Å². The average Bonchev–Trinajstić information content (AvgIpc) is 3.16. The van der Waals surface area contributed by atoms with E-state index in [1.54, 1.807) is 11.3 Å². The van der Waals surface area contributed by atoms with Crippen molar-refractivity contribution in [3.05, 3.63) is 59.1 Å². The fraction of sp³-hybridized carbons (Fsp3) is 0.364. The summed E-state index contributed by atoms with van der Waals surface area (Å²) < 4.78 is 7.81. The van der Waals surface area contributed by atoms with E-state index in [0.29, 0.717) is 0 Å². The number of rotatable bonds is 7. The van der Waals surface area contributed by atoms with Crippen LogP contribution in [0.15, 0.2) is 53.4 Å². The number of carbonyl (C=O) groups excluding carboxylic acids is 1. The van der Waals surface area contributed by atoms with E-state index in [4.69, 9.17) is 15.5 Å². The highest BCUT2D eigenvalue weighted by molar-refractivity contribution is 8.00. The molecule has 29 heavy (non-hydrogen) atoms. The van der Waals surface area contributed by atoms with Crippen molar-refractivity contribution in [2.45, 2.75) is 29.9 Å². The van der Waals surface area contributed by atoms with Gasteiger partial charge in [0.25, 0.3) is 0 Å². The number of ether oxygens (including phenoxy) is 1. The number of fused-ring (bicyclic) bond motifs is 1. The van der Waals surface area contributed by atoms with E-state index in [9.17, 15) is 4.79 Å². The van der Waals surface area contributed by atoms with Crippen molar-refractivity contribution in [3.8, 4) is 0 Å². The summed E-state index contributed by atoms with van der Waals surface area (Å²) in [5.74, 6) is -0.0452. The largest absolute Gasteiger partial charge is 0.369 e. The highest BCUT2D eigenvalue weighted by Crippen LogP contribution is 2.36. The van der Waals surface area contributed by atoms with Crippen molar-refractivity contribution in [3.63, 3.8) is 0 Å². The van der Waals surface area contributed by atoms with Gasteiger partial charge in [0.05, 0.1) is 22.1 Å². The van der Waals surface area contributed by atoms with Gasteiger partial charge in [0.1, 0.15) is 11.1 Å². The molecule has 0 radical (unpaired) electrons. The zero-order valence-electron chi connectivity index (χ0n) is 16.4. The van der Waals surface area contributed by atoms with Gasteiger partial charge in [0.15, 0.2) is 0 Å². The predicted molar refractivity (Wildman–Crippen MR) is 119 cm³/mol. The molecule has 0 saturated carbocycles. The standard InChI is InChI=1S/C22H25N3O2S2/c1-25-11-9-16(10-12-25)27-21(22-24-18-7-2-3-8-19(18)29-22)15-5-4-6-17(13-15)28-14-20(23)26/h2-8,13,16,21H,9-12,14H2,1H3,(H2,23,26). The third kappa shape index (κ3) is 5.17. The quantitative estimate of drug-likeness (QED) is 0.576. The molecular formula is C22H25N3O2S2. The van der Waals surface area contributed by atoms with Crippen molar-refractivity contribution in [1.82, 2.24) is 9.88 Å². The molecule has 3 aromatic rings. The lowest BCUT2D eigenvalue weighted by molar-refractivity contribution is -0.115. The van der Waals surface area contributed by atoms with Crippen LogP contribution in [0, 0.1) is 0 Å². The fourth-order valence-electron chi connectivity index (χ4n) is 3.52. The SMILES string of the molecule is CN1CCC(OC(c2cccc(SCC(N)=O)c2)c2nc3ccccc3s2)CC1. The number of hydrogen-bond donors (Lipinski definition) is 1. The Labute approximate surface area is 179 Å². The van der Waals surface area contributed by atoms with Gasteiger partial charge in [-0.1, -0.05) is 24.3 Å². The minimum absolute atomic E-state index is 0.213. The van der Waals surface area contributed by atoms with Crippen LogP contribution < -0.4 is 5.73 Å². The van der Waals surface area contributed by atoms with Crippen LogP contribution in [0.4, 0.5) is 0 Å². The van der Waals surface area contributed by atoms with Gasteiger partial charge in [-0.05, 0) is 49.7 Å². The molecule has 2 heterocycles. The molecule has 152 valence electrons. The topological polar surface area (TPSA) is 68.5 Å². The normalized spacial score (nSPS) is 16.9. The number of carbonyl (C=O) groups is 1. The van der Waals surface area contributed by atoms with E-state index in [0.717, 1.165) is 46.9 Å². The smallest absolute Gasteiger partial charge is 0.227 e. The van der Waals surface area contributed by atoms with Gasteiger partial charge in [0.2, 0.25) is 5.91 Å². The number of thiazole rings is 1. The summed E-state index contributed by atoms with van der Waals surface area (Å²) in [6.07, 6.45) is 2.04. The Balaban J connectivity index is 1.64. The van der Waals surface area contributed by atoms with Crippen LogP contribution in [-0.2, 0) is 9.53 Å². The minimum atomic E-state index is -0.314. The van der Waals surface area contributed by atoms with Crippen molar-refractivity contribution in [1.29, 1.82) is 0 Å². The first kappa shape index (κ1) is 20.3. The second-order valence-electron chi connectivity index (χ2n) is 7.37. The van der Waals surface area contributed by atoms with Crippen LogP contribution in [-0.4, -0.2) is 47.8 Å². The van der Waals surface area contributed by atoms with Gasteiger partial charge < -0.3 is 15.4 Å². The Morgan fingerprint density at radius 1 is 1.28 bits per heavy atom. The Morgan fingerprint density at radius 3 is 2.83 bits per heavy atom. The first-order chi connectivity index (χ1) is 14.1. The molecule has 1 amide bonds. The van der Waals surface area contributed by atoms with Gasteiger partial charge in [-0.25, -0.2) is 4.98 Å². The number of hydrogen-bond acceptors (Lipinski definition) is 6. The lowest BCUT2D eigenvalue weighted by Crippen LogP contribution is -2.35. The van der Waals surface area contributed by atoms with Crippen LogP contribution in [0.2, 0.25) is 0 Å². The minimum Gasteiger partial charge on any atom is -0.369 e. The highest BCUT2D eigenvalue weighted by Gasteiger charge is 2.26. The first-order valence-electron chi connectivity index (χ1n) is 9.79. The number of thioether (sulfide) groups is 1. The molecule has 2 N–H and O–H groups in total. The number of nitrogens with zero attached hydrogens (tertiary/aromatic N) is 2. The maximum atomic E-state index is 11.2. The second kappa shape index (κ2) is 9.26. The van der Waals surface area contributed by atoms with E-state index >= 15 is 0 Å². The van der Waals surface area contributed by atoms with Gasteiger partial charge in [0, 0.05) is 18.0 Å². The van der Waals surface area contributed by atoms with E-state index < -0.39 is 0 Å². The summed E-state index contributed by atoms with van der Waals surface area (Å²) in [7, 11) is 2.15. The summed E-state index contributed by atoms with van der Waals surface area (Å²) in [4.78, 5) is 19.4. The Hall–Kier alpha value is -1.93. The predicted octanol–water partition coefficient (Wildman–Crippen LogP) is 4.07. The molecule has 1 saturated heterocycles. The number of amides is 1. The third-order valence-electron chi connectivity index (χ3n) is 5.07. The molecule has 1 unspecified atom stereocenters. The molecular weight excluding hydrogens is 402 g/mol. The Morgan fingerprint density at radius 2 is 2.07 bits per heavy atom. The average molecular weight is 428 g/mol. The van der Waals surface area contributed by atoms with E-state index in [1.807, 2.05) is 30.3 Å². The lowest BCUT2D eigenvalue weighted by Gasteiger charge is -2.31. The molecule has 1 aromatic heterocycles. The van der Waals surface area contributed by atoms with Crippen LogP contribution in [0.1, 0.15) is 29.5 Å². The van der Waals surface area contributed by atoms with Crippen molar-refractivity contribution in [2.24, 2.45) is 5.73 Å². The van der Waals surface area contributed by atoms with E-state index in [1.165, 1.54) is 16.5 Å². The van der Waals surface area contributed by atoms with E-state index in [-0.39, 0.29) is 23.9 Å². The Bertz CT molecular complexity index is 950. The Kier molecular flexibility index (Phi) is 6.50. The number of piperidine rings is 1. The summed E-state index contributed by atoms with van der Waals surface area (Å²) in [6.45, 7) is 2.09. The van der Waals surface area contributed by atoms with Crippen molar-refractivity contribution in [2.75, 3.05) is 25.9 Å². The van der Waals surface area contributed by atoms with Gasteiger partial charge in [-0.2, -0.15) is 0 Å². The summed E-state index contributed by atoms with van der Waals surface area (Å²) in [5, 5.41) is 0.974. The zero-order chi connectivity index (χ0) is 20.2. The van der Waals surface area contributed by atoms with Crippen LogP contribution in [0.3, 0.4) is 0 Å². The maximum Gasteiger partial charge on any atom is 0.227 e. The number of primary amides is 1. The zero-order valence-corrected chi connectivity index (χ0v) is 18.0. The molecule has 1 fully saturated rings. The van der Waals surface area contributed by atoms with Crippen LogP contribution in [0.5, 0.6) is 0 Å². The number of benzene rings is 2. The second-order valence-corrected chi connectivity index (χ2v) is 9.48. The van der Waals surface area contributed by atoms with Gasteiger partial charge >= 0.3 is 0 Å². The molecule has 1 atom stereocenters. The monoisotopic (exact) mass is 427 g/mol. The van der Waals surface area contributed by atoms with Crippen LogP contribution in [0.25, 0.3) is 10.2 Å². The molecule has 0 spiro atoms. The first-order valence-corrected chi connectivity index (χ1v) is 11.6. The van der Waals surface area contributed by atoms with E-state index in [2.05, 4.69) is 30.1 Å². The molecule has 1 aliphatic rings. The molecule has 7 heteroatoms. The number of aromatic nitrogens is 1. The molecule has 5 nitrogen and oxygen atoms in total. The molecule has 0 bridgehead atoms.